The van der Waals surface area contributed by atoms with E-state index in [0.29, 0.717) is 6.61 Å². The summed E-state index contributed by atoms with van der Waals surface area (Å²) in [5.41, 5.74) is -0.0612. The van der Waals surface area contributed by atoms with Gasteiger partial charge in [-0.1, -0.05) is 84.6 Å². The first kappa shape index (κ1) is 20.5. The van der Waals surface area contributed by atoms with Crippen molar-refractivity contribution in [1.82, 2.24) is 0 Å². The Labute approximate surface area is 133 Å². The van der Waals surface area contributed by atoms with E-state index in [0.717, 1.165) is 12.8 Å². The van der Waals surface area contributed by atoms with Crippen LogP contribution in [0.3, 0.4) is 0 Å². The first-order chi connectivity index (χ1) is 10.2. The van der Waals surface area contributed by atoms with E-state index in [4.69, 9.17) is 4.74 Å². The zero-order chi connectivity index (χ0) is 15.8. The quantitative estimate of drug-likeness (QED) is 0.286. The molecule has 0 heterocycles. The highest BCUT2D eigenvalue weighted by molar-refractivity contribution is 4.78. The van der Waals surface area contributed by atoms with Crippen molar-refractivity contribution in [3.63, 3.8) is 0 Å². The number of unbranched alkanes of at least 4 members (excludes halogenated alkanes) is 9. The Morgan fingerprint density at radius 1 is 0.905 bits per heavy atom. The van der Waals surface area contributed by atoms with E-state index in [1.807, 2.05) is 0 Å². The Morgan fingerprint density at radius 2 is 1.43 bits per heavy atom. The molecule has 0 radical (unpaired) electrons. The number of aliphatic hydroxyl groups is 1. The van der Waals surface area contributed by atoms with Crippen molar-refractivity contribution in [2.45, 2.75) is 90.9 Å². The first-order valence-corrected chi connectivity index (χ1v) is 9.08. The fraction of sp³-hybridized carbons (Fsp3) is 0.895. The molecule has 0 aliphatic carbocycles. The molecule has 2 heteroatoms. The second-order valence-corrected chi connectivity index (χ2v) is 6.42. The Hall–Kier alpha value is -0.500. The molecule has 1 N–H and O–H groups in total. The van der Waals surface area contributed by atoms with Gasteiger partial charge in [-0.2, -0.15) is 0 Å². The highest BCUT2D eigenvalue weighted by atomic mass is 16.5. The second kappa shape index (κ2) is 14.4. The van der Waals surface area contributed by atoms with Gasteiger partial charge in [0.05, 0.1) is 19.5 Å². The molecule has 0 amide bonds. The van der Waals surface area contributed by atoms with E-state index < -0.39 is 0 Å². The standard InChI is InChI=1S/C19H38O2/c1-4-7-8-9-10-11-12-13-14-15-16-19(5-2,17-20)18-21-6-3/h6,20H,3-5,7-18H2,1-2H3. The minimum absolute atomic E-state index is 0.0612. The lowest BCUT2D eigenvalue weighted by Crippen LogP contribution is -2.29. The predicted octanol–water partition coefficient (Wildman–Crippen LogP) is 5.85. The molecule has 0 fully saturated rings. The first-order valence-electron chi connectivity index (χ1n) is 9.08. The van der Waals surface area contributed by atoms with Crippen LogP contribution >= 0.6 is 0 Å². The molecular weight excluding hydrogens is 260 g/mol. The molecule has 0 aromatic rings. The van der Waals surface area contributed by atoms with Crippen molar-refractivity contribution in [3.8, 4) is 0 Å². The minimum Gasteiger partial charge on any atom is -0.501 e. The van der Waals surface area contributed by atoms with E-state index in [9.17, 15) is 5.11 Å². The molecule has 0 aromatic carbocycles. The number of rotatable bonds is 16. The highest BCUT2D eigenvalue weighted by Crippen LogP contribution is 2.29. The van der Waals surface area contributed by atoms with Gasteiger partial charge in [-0.05, 0) is 12.8 Å². The molecule has 1 unspecified atom stereocenters. The summed E-state index contributed by atoms with van der Waals surface area (Å²) in [4.78, 5) is 0. The summed E-state index contributed by atoms with van der Waals surface area (Å²) in [5, 5.41) is 9.63. The average Bonchev–Trinajstić information content (AvgIpc) is 2.52. The lowest BCUT2D eigenvalue weighted by atomic mass is 9.81. The maximum Gasteiger partial charge on any atom is 0.0951 e. The molecule has 0 saturated heterocycles. The Bertz CT molecular complexity index is 222. The molecule has 0 bridgehead atoms. The number of hydrogen-bond acceptors (Lipinski definition) is 2. The zero-order valence-electron chi connectivity index (χ0n) is 14.5. The third kappa shape index (κ3) is 10.8. The molecule has 21 heavy (non-hydrogen) atoms. The zero-order valence-corrected chi connectivity index (χ0v) is 14.5. The third-order valence-corrected chi connectivity index (χ3v) is 4.65. The third-order valence-electron chi connectivity index (χ3n) is 4.65. The molecule has 0 aliphatic heterocycles. The fourth-order valence-electron chi connectivity index (χ4n) is 2.81. The van der Waals surface area contributed by atoms with Gasteiger partial charge in [-0.25, -0.2) is 0 Å². The summed E-state index contributed by atoms with van der Waals surface area (Å²) in [6.07, 6.45) is 17.0. The van der Waals surface area contributed by atoms with E-state index in [-0.39, 0.29) is 12.0 Å². The summed E-state index contributed by atoms with van der Waals surface area (Å²) in [6.45, 7) is 8.80. The number of hydrogen-bond donors (Lipinski definition) is 1. The summed E-state index contributed by atoms with van der Waals surface area (Å²) >= 11 is 0. The molecule has 0 aliphatic rings. The van der Waals surface area contributed by atoms with Crippen LogP contribution in [0.25, 0.3) is 0 Å². The molecule has 0 spiro atoms. The lowest BCUT2D eigenvalue weighted by molar-refractivity contribution is 0.0339. The normalized spacial score (nSPS) is 13.9. The second-order valence-electron chi connectivity index (χ2n) is 6.42. The van der Waals surface area contributed by atoms with Crippen LogP contribution in [-0.4, -0.2) is 18.3 Å². The van der Waals surface area contributed by atoms with Crippen LogP contribution < -0.4 is 0 Å². The molecular formula is C19H38O2. The van der Waals surface area contributed by atoms with Crippen molar-refractivity contribution in [2.75, 3.05) is 13.2 Å². The van der Waals surface area contributed by atoms with Crippen molar-refractivity contribution in [2.24, 2.45) is 5.41 Å². The van der Waals surface area contributed by atoms with Gasteiger partial charge in [0.25, 0.3) is 0 Å². The molecule has 0 saturated carbocycles. The van der Waals surface area contributed by atoms with Crippen LogP contribution in [0.15, 0.2) is 12.8 Å². The maximum absolute atomic E-state index is 9.63. The summed E-state index contributed by atoms with van der Waals surface area (Å²) < 4.78 is 5.33. The van der Waals surface area contributed by atoms with Gasteiger partial charge in [0.2, 0.25) is 0 Å². The minimum atomic E-state index is -0.0612. The van der Waals surface area contributed by atoms with E-state index in [1.54, 1.807) is 0 Å². The summed E-state index contributed by atoms with van der Waals surface area (Å²) in [6, 6.07) is 0. The Morgan fingerprint density at radius 3 is 1.86 bits per heavy atom. The Kier molecular flexibility index (Phi) is 14.1. The maximum atomic E-state index is 9.63. The number of aliphatic hydroxyl groups excluding tert-OH is 1. The van der Waals surface area contributed by atoms with Gasteiger partial charge in [0, 0.05) is 5.41 Å². The predicted molar refractivity (Wildman–Crippen MR) is 92.4 cm³/mol. The fourth-order valence-corrected chi connectivity index (χ4v) is 2.81. The van der Waals surface area contributed by atoms with Crippen LogP contribution in [0.1, 0.15) is 90.9 Å². The van der Waals surface area contributed by atoms with Crippen molar-refractivity contribution < 1.29 is 9.84 Å². The van der Waals surface area contributed by atoms with Crippen LogP contribution in [0.5, 0.6) is 0 Å². The smallest absolute Gasteiger partial charge is 0.0951 e. The topological polar surface area (TPSA) is 29.5 Å². The van der Waals surface area contributed by atoms with E-state index in [2.05, 4.69) is 20.4 Å². The van der Waals surface area contributed by atoms with Crippen molar-refractivity contribution in [1.29, 1.82) is 0 Å². The molecule has 0 aromatic heterocycles. The van der Waals surface area contributed by atoms with E-state index >= 15 is 0 Å². The van der Waals surface area contributed by atoms with Gasteiger partial charge in [-0.15, -0.1) is 0 Å². The molecule has 126 valence electrons. The van der Waals surface area contributed by atoms with Gasteiger partial charge in [0.15, 0.2) is 0 Å². The van der Waals surface area contributed by atoms with Crippen LogP contribution in [0.4, 0.5) is 0 Å². The molecule has 0 rings (SSSR count). The van der Waals surface area contributed by atoms with Crippen molar-refractivity contribution >= 4 is 0 Å². The highest BCUT2D eigenvalue weighted by Gasteiger charge is 2.27. The van der Waals surface area contributed by atoms with Crippen LogP contribution in [0, 0.1) is 5.41 Å². The van der Waals surface area contributed by atoms with Crippen LogP contribution in [0.2, 0.25) is 0 Å². The SMILES string of the molecule is C=COCC(CC)(CO)CCCCCCCCCCCC. The van der Waals surface area contributed by atoms with Crippen molar-refractivity contribution in [3.05, 3.63) is 12.8 Å². The summed E-state index contributed by atoms with van der Waals surface area (Å²) in [7, 11) is 0. The average molecular weight is 299 g/mol. The monoisotopic (exact) mass is 298 g/mol. The van der Waals surface area contributed by atoms with Gasteiger partial charge in [0.1, 0.15) is 0 Å². The Balaban J connectivity index is 3.55. The van der Waals surface area contributed by atoms with Crippen LogP contribution in [-0.2, 0) is 4.74 Å². The molecule has 2 nitrogen and oxygen atoms in total. The lowest BCUT2D eigenvalue weighted by Gasteiger charge is -2.29. The van der Waals surface area contributed by atoms with Gasteiger partial charge >= 0.3 is 0 Å². The molecule has 1 atom stereocenters. The summed E-state index contributed by atoms with van der Waals surface area (Å²) in [5.74, 6) is 0. The largest absolute Gasteiger partial charge is 0.501 e. The number of ether oxygens (including phenoxy) is 1. The van der Waals surface area contributed by atoms with E-state index in [1.165, 1.54) is 70.5 Å². The van der Waals surface area contributed by atoms with Gasteiger partial charge < -0.3 is 9.84 Å². The van der Waals surface area contributed by atoms with Gasteiger partial charge in [-0.3, -0.25) is 0 Å².